The van der Waals surface area contributed by atoms with Crippen LogP contribution in [0.2, 0.25) is 0 Å². The van der Waals surface area contributed by atoms with Crippen LogP contribution < -0.4 is 0 Å². The van der Waals surface area contributed by atoms with Crippen LogP contribution in [0.1, 0.15) is 35.1 Å². The molecule has 0 saturated heterocycles. The van der Waals surface area contributed by atoms with Crippen molar-refractivity contribution in [3.63, 3.8) is 0 Å². The molecule has 4 rings (SSSR count). The van der Waals surface area contributed by atoms with E-state index in [0.29, 0.717) is 11.1 Å². The molecule has 7 heteroatoms. The van der Waals surface area contributed by atoms with Gasteiger partial charge in [0, 0.05) is 5.57 Å². The van der Waals surface area contributed by atoms with Crippen molar-refractivity contribution in [2.45, 2.75) is 24.7 Å². The minimum absolute atomic E-state index is 0.00718. The normalized spacial score (nSPS) is 20.5. The molecule has 0 N–H and O–H groups in total. The Morgan fingerprint density at radius 1 is 0.882 bits per heavy atom. The van der Waals surface area contributed by atoms with Gasteiger partial charge in [-0.3, -0.25) is 4.79 Å². The van der Waals surface area contributed by atoms with Crippen LogP contribution in [0.3, 0.4) is 0 Å². The number of ether oxygens (including phenoxy) is 1. The van der Waals surface area contributed by atoms with Crippen LogP contribution in [0.4, 0.5) is 17.6 Å². The van der Waals surface area contributed by atoms with E-state index in [1.807, 2.05) is 0 Å². The fraction of sp³-hybridized carbons (Fsp3) is 0.185. The molecule has 2 atom stereocenters. The summed E-state index contributed by atoms with van der Waals surface area (Å²) >= 11 is 0. The van der Waals surface area contributed by atoms with Gasteiger partial charge in [0.05, 0.1) is 18.1 Å². The van der Waals surface area contributed by atoms with Gasteiger partial charge in [0.2, 0.25) is 5.78 Å². The molecule has 0 radical (unpaired) electrons. The molecular weight excluding hydrogens is 448 g/mol. The smallest absolute Gasteiger partial charge is 0.416 e. The number of rotatable bonds is 5. The maximum Gasteiger partial charge on any atom is 0.416 e. The average molecular weight is 468 g/mol. The number of esters is 1. The quantitative estimate of drug-likeness (QED) is 0.252. The van der Waals surface area contributed by atoms with Gasteiger partial charge in [0.1, 0.15) is 0 Å². The molecule has 3 aromatic carbocycles. The van der Waals surface area contributed by atoms with E-state index in [1.54, 1.807) is 60.7 Å². The first kappa shape index (κ1) is 23.4. The zero-order valence-electron chi connectivity index (χ0n) is 18.1. The SMILES string of the molecule is CCOC(=O)[C@]1(F)C(=O)C(c2ccccc2)=C(c2ccccc2)[C@@H]1c1ccc(C(F)(F)F)cc1. The fourth-order valence-electron chi connectivity index (χ4n) is 4.31. The zero-order valence-corrected chi connectivity index (χ0v) is 18.1. The summed E-state index contributed by atoms with van der Waals surface area (Å²) in [6, 6.07) is 20.6. The van der Waals surface area contributed by atoms with E-state index >= 15 is 4.39 Å². The Bertz CT molecular complexity index is 1230. The van der Waals surface area contributed by atoms with Gasteiger partial charge in [-0.15, -0.1) is 0 Å². The molecule has 3 nitrogen and oxygen atoms in total. The standard InChI is InChI=1S/C27H20F4O3/c1-2-34-25(33)26(28)23(19-13-15-20(16-14-19)27(29,30)31)21(17-9-5-3-6-10-17)22(24(26)32)18-11-7-4-8-12-18/h3-16,23H,2H2,1H3/t23-,26+/m0/s1. The number of carbonyl (C=O) groups is 2. The van der Waals surface area contributed by atoms with Gasteiger partial charge in [-0.2, -0.15) is 13.2 Å². The van der Waals surface area contributed by atoms with E-state index in [0.717, 1.165) is 24.3 Å². The molecule has 0 heterocycles. The number of carbonyl (C=O) groups excluding carboxylic acids is 2. The summed E-state index contributed by atoms with van der Waals surface area (Å²) in [4.78, 5) is 26.5. The summed E-state index contributed by atoms with van der Waals surface area (Å²) in [6.45, 7) is 1.32. The third kappa shape index (κ3) is 3.91. The number of halogens is 4. The van der Waals surface area contributed by atoms with Crippen molar-refractivity contribution in [2.24, 2.45) is 0 Å². The van der Waals surface area contributed by atoms with Crippen LogP contribution in [0, 0.1) is 0 Å². The second-order valence-corrected chi connectivity index (χ2v) is 7.83. The lowest BCUT2D eigenvalue weighted by Gasteiger charge is -2.27. The number of hydrogen-bond acceptors (Lipinski definition) is 3. The van der Waals surface area contributed by atoms with E-state index in [2.05, 4.69) is 0 Å². The molecule has 0 spiro atoms. The number of Topliss-reactive ketones (excluding diaryl/α,β-unsaturated/α-hetero) is 1. The largest absolute Gasteiger partial charge is 0.463 e. The van der Waals surface area contributed by atoms with Gasteiger partial charge in [-0.25, -0.2) is 9.18 Å². The highest BCUT2D eigenvalue weighted by atomic mass is 19.4. The van der Waals surface area contributed by atoms with Crippen LogP contribution in [0.15, 0.2) is 84.9 Å². The average Bonchev–Trinajstić information content (AvgIpc) is 3.08. The summed E-state index contributed by atoms with van der Waals surface area (Å²) < 4.78 is 61.2. The first-order valence-corrected chi connectivity index (χ1v) is 10.6. The molecule has 174 valence electrons. The Labute approximate surface area is 193 Å². The predicted molar refractivity (Wildman–Crippen MR) is 119 cm³/mol. The molecule has 0 bridgehead atoms. The lowest BCUT2D eigenvalue weighted by Crippen LogP contribution is -2.45. The van der Waals surface area contributed by atoms with E-state index in [4.69, 9.17) is 4.74 Å². The van der Waals surface area contributed by atoms with Crippen molar-refractivity contribution < 1.29 is 31.9 Å². The van der Waals surface area contributed by atoms with Crippen molar-refractivity contribution >= 4 is 22.9 Å². The summed E-state index contributed by atoms with van der Waals surface area (Å²) in [5.74, 6) is -3.95. The van der Waals surface area contributed by atoms with Gasteiger partial charge >= 0.3 is 12.1 Å². The Hall–Kier alpha value is -3.74. The summed E-state index contributed by atoms with van der Waals surface area (Å²) in [5, 5.41) is 0. The lowest BCUT2D eigenvalue weighted by atomic mass is 9.79. The van der Waals surface area contributed by atoms with Crippen molar-refractivity contribution in [1.82, 2.24) is 0 Å². The Balaban J connectivity index is 2.02. The molecule has 0 amide bonds. The number of alkyl halides is 4. The highest BCUT2D eigenvalue weighted by molar-refractivity contribution is 6.41. The van der Waals surface area contributed by atoms with E-state index in [1.165, 1.54) is 6.92 Å². The summed E-state index contributed by atoms with van der Waals surface area (Å²) in [6.07, 6.45) is -4.59. The van der Waals surface area contributed by atoms with Crippen molar-refractivity contribution in [2.75, 3.05) is 6.61 Å². The van der Waals surface area contributed by atoms with Gasteiger partial charge in [0.15, 0.2) is 0 Å². The van der Waals surface area contributed by atoms with Crippen molar-refractivity contribution in [1.29, 1.82) is 0 Å². The van der Waals surface area contributed by atoms with Gasteiger partial charge in [0.25, 0.3) is 5.67 Å². The predicted octanol–water partition coefficient (Wildman–Crippen LogP) is 6.25. The molecule has 0 fully saturated rings. The highest BCUT2D eigenvalue weighted by Gasteiger charge is 2.62. The molecule has 34 heavy (non-hydrogen) atoms. The number of allylic oxidation sites excluding steroid dienone is 2. The summed E-state index contributed by atoms with van der Waals surface area (Å²) in [5.41, 5.74) is -2.93. The Kier molecular flexibility index (Phi) is 6.13. The fourth-order valence-corrected chi connectivity index (χ4v) is 4.31. The van der Waals surface area contributed by atoms with Crippen LogP contribution in [0.25, 0.3) is 11.1 Å². The molecule has 0 aliphatic heterocycles. The molecular formula is C27H20F4O3. The number of ketones is 1. The highest BCUT2D eigenvalue weighted by Crippen LogP contribution is 2.54. The number of benzene rings is 3. The van der Waals surface area contributed by atoms with Crippen LogP contribution in [0.5, 0.6) is 0 Å². The van der Waals surface area contributed by atoms with Crippen molar-refractivity contribution in [3.8, 4) is 0 Å². The monoisotopic (exact) mass is 468 g/mol. The molecule has 0 saturated carbocycles. The minimum atomic E-state index is -4.59. The van der Waals surface area contributed by atoms with Gasteiger partial charge in [-0.1, -0.05) is 72.8 Å². The topological polar surface area (TPSA) is 43.4 Å². The first-order valence-electron chi connectivity index (χ1n) is 10.6. The van der Waals surface area contributed by atoms with Gasteiger partial charge < -0.3 is 4.74 Å². The third-order valence-corrected chi connectivity index (χ3v) is 5.80. The maximum absolute atomic E-state index is 16.8. The second-order valence-electron chi connectivity index (χ2n) is 7.83. The molecule has 1 aliphatic rings. The Morgan fingerprint density at radius 2 is 1.41 bits per heavy atom. The molecule has 1 aliphatic carbocycles. The maximum atomic E-state index is 16.8. The molecule has 0 aromatic heterocycles. The molecule has 0 unspecified atom stereocenters. The van der Waals surface area contributed by atoms with Crippen molar-refractivity contribution in [3.05, 3.63) is 107 Å². The van der Waals surface area contributed by atoms with E-state index < -0.39 is 35.1 Å². The minimum Gasteiger partial charge on any atom is -0.463 e. The lowest BCUT2D eigenvalue weighted by molar-refractivity contribution is -0.160. The second kappa shape index (κ2) is 8.89. The summed E-state index contributed by atoms with van der Waals surface area (Å²) in [7, 11) is 0. The zero-order chi connectivity index (χ0) is 24.5. The first-order chi connectivity index (χ1) is 16.2. The van der Waals surface area contributed by atoms with Crippen LogP contribution >= 0.6 is 0 Å². The third-order valence-electron chi connectivity index (χ3n) is 5.80. The molecule has 3 aromatic rings. The Morgan fingerprint density at radius 3 is 1.91 bits per heavy atom. The van der Waals surface area contributed by atoms with E-state index in [9.17, 15) is 22.8 Å². The van der Waals surface area contributed by atoms with E-state index in [-0.39, 0.29) is 23.3 Å². The van der Waals surface area contributed by atoms with Crippen LogP contribution in [-0.2, 0) is 20.5 Å². The number of hydrogen-bond donors (Lipinski definition) is 0. The van der Waals surface area contributed by atoms with Gasteiger partial charge in [-0.05, 0) is 41.3 Å². The van der Waals surface area contributed by atoms with Crippen LogP contribution in [-0.4, -0.2) is 24.0 Å².